The molecule has 0 heterocycles. The lowest BCUT2D eigenvalue weighted by Crippen LogP contribution is -2.57. The second-order valence-electron chi connectivity index (χ2n) is 2.34. The van der Waals surface area contributed by atoms with Gasteiger partial charge >= 0.3 is 24.1 Å². The predicted octanol–water partition coefficient (Wildman–Crippen LogP) is 2.22. The average Bonchev–Trinajstić information content (AvgIpc) is 2.11. The van der Waals surface area contributed by atoms with Crippen LogP contribution in [0.4, 0.5) is 35.3 Å². The van der Waals surface area contributed by atoms with Crippen molar-refractivity contribution in [2.24, 2.45) is 0 Å². The molecule has 1 unspecified atom stereocenters. The molecule has 0 aromatic carbocycles. The first kappa shape index (κ1) is 15.0. The average molecular weight is 262 g/mol. The van der Waals surface area contributed by atoms with Crippen LogP contribution in [0.1, 0.15) is 0 Å². The van der Waals surface area contributed by atoms with Crippen LogP contribution in [0, 0.1) is 0 Å². The van der Waals surface area contributed by atoms with Crippen molar-refractivity contribution in [3.8, 4) is 0 Å². The summed E-state index contributed by atoms with van der Waals surface area (Å²) < 4.78 is 97.0. The molecule has 1 atom stereocenters. The summed E-state index contributed by atoms with van der Waals surface area (Å²) in [6.07, 6.45) is -11.5. The Kier molecular flexibility index (Phi) is 4.22. The number of rotatable bonds is 5. The van der Waals surface area contributed by atoms with Gasteiger partial charge in [-0.2, -0.15) is 26.3 Å². The van der Waals surface area contributed by atoms with Gasteiger partial charge in [0.25, 0.3) is 0 Å². The van der Waals surface area contributed by atoms with Crippen LogP contribution in [0.2, 0.25) is 0 Å². The van der Waals surface area contributed by atoms with Crippen molar-refractivity contribution >= 4 is 6.04 Å². The molecule has 16 heavy (non-hydrogen) atoms. The fourth-order valence-corrected chi connectivity index (χ4v) is 0.537. The molecule has 0 aliphatic carbocycles. The van der Waals surface area contributed by atoms with Gasteiger partial charge in [0, 0.05) is 0 Å². The van der Waals surface area contributed by atoms with Crippen LogP contribution in [0.15, 0.2) is 0 Å². The largest absolute Gasteiger partial charge is 0.457 e. The number of hydrogen-bond acceptors (Lipinski definition) is 3. The molecule has 0 aliphatic heterocycles. The van der Waals surface area contributed by atoms with Gasteiger partial charge in [0.15, 0.2) is 6.67 Å². The Labute approximate surface area is 81.8 Å². The highest BCUT2D eigenvalue weighted by atomic mass is 19.4. The van der Waals surface area contributed by atoms with Crippen LogP contribution >= 0.6 is 0 Å². The third-order valence-electron chi connectivity index (χ3n) is 1.19. The van der Waals surface area contributed by atoms with Crippen LogP contribution in [0.3, 0.4) is 0 Å². The van der Waals surface area contributed by atoms with Crippen molar-refractivity contribution in [2.45, 2.75) is 18.1 Å². The van der Waals surface area contributed by atoms with Crippen LogP contribution in [-0.2, 0) is 14.5 Å². The van der Waals surface area contributed by atoms with Gasteiger partial charge in [0.2, 0.25) is 0 Å². The van der Waals surface area contributed by atoms with Gasteiger partial charge in [-0.3, -0.25) is 9.53 Å². The minimum atomic E-state index is -6.30. The molecule has 11 heteroatoms. The predicted molar refractivity (Wildman–Crippen MR) is 29.1 cm³/mol. The smallest absolute Gasteiger partial charge is 0.266 e. The molecule has 0 radical (unpaired) electrons. The van der Waals surface area contributed by atoms with Crippen molar-refractivity contribution < 1.29 is 49.7 Å². The molecular formula is C5H2F8O3. The molecular weight excluding hydrogens is 260 g/mol. The van der Waals surface area contributed by atoms with E-state index in [9.17, 15) is 40.1 Å². The summed E-state index contributed by atoms with van der Waals surface area (Å²) in [7, 11) is 0. The number of halogens is 8. The molecule has 0 fully saturated rings. The van der Waals surface area contributed by atoms with Gasteiger partial charge in [-0.1, -0.05) is 0 Å². The van der Waals surface area contributed by atoms with Crippen molar-refractivity contribution in [2.75, 3.05) is 6.67 Å². The number of carbonyl (C=O) groups excluding carboxylic acids is 1. The van der Waals surface area contributed by atoms with Gasteiger partial charge in [-0.15, -0.1) is 4.94 Å². The molecule has 96 valence electrons. The summed E-state index contributed by atoms with van der Waals surface area (Å²) >= 11 is 0. The zero-order valence-electron chi connectivity index (χ0n) is 6.96. The summed E-state index contributed by atoms with van der Waals surface area (Å²) in [6, 6.07) is -3.74. The van der Waals surface area contributed by atoms with E-state index in [1.807, 2.05) is 0 Å². The van der Waals surface area contributed by atoms with E-state index in [0.29, 0.717) is 0 Å². The fourth-order valence-electron chi connectivity index (χ4n) is 0.537. The topological polar surface area (TPSA) is 35.5 Å². The molecule has 3 nitrogen and oxygen atoms in total. The molecule has 0 rings (SSSR count). The summed E-state index contributed by atoms with van der Waals surface area (Å²) in [4.78, 5) is 11.6. The zero-order valence-corrected chi connectivity index (χ0v) is 6.96. The molecule has 0 N–H and O–H groups in total. The lowest BCUT2D eigenvalue weighted by atomic mass is 10.3. The molecule has 0 aromatic heterocycles. The number of alkyl halides is 6. The van der Waals surface area contributed by atoms with Crippen molar-refractivity contribution in [3.63, 3.8) is 0 Å². The summed E-state index contributed by atoms with van der Waals surface area (Å²) in [6.45, 7) is -2.85. The molecule has 0 bridgehead atoms. The Bertz CT molecular complexity index is 263. The number of carbonyl (C=O) groups is 1. The highest BCUT2D eigenvalue weighted by molar-refractivity contribution is 5.77. The van der Waals surface area contributed by atoms with Gasteiger partial charge in [0.05, 0.1) is 0 Å². The highest BCUT2D eigenvalue weighted by Gasteiger charge is 2.70. The normalized spacial score (nSPS) is 17.0. The maximum atomic E-state index is 12.1. The summed E-state index contributed by atoms with van der Waals surface area (Å²) in [5.41, 5.74) is 0. The fraction of sp³-hybridized carbons (Fsp3) is 0.800. The third-order valence-corrected chi connectivity index (χ3v) is 1.19. The minimum Gasteiger partial charge on any atom is -0.266 e. The zero-order chi connectivity index (χ0) is 13.2. The van der Waals surface area contributed by atoms with Gasteiger partial charge < -0.3 is 0 Å². The number of ether oxygens (including phenoxy) is 1. The lowest BCUT2D eigenvalue weighted by molar-refractivity contribution is -0.472. The third kappa shape index (κ3) is 2.78. The van der Waals surface area contributed by atoms with E-state index >= 15 is 0 Å². The Morgan fingerprint density at radius 2 is 1.56 bits per heavy atom. The number of hydrogen-bond donors (Lipinski definition) is 0. The second kappa shape index (κ2) is 4.49. The van der Waals surface area contributed by atoms with Crippen LogP contribution < -0.4 is 0 Å². The maximum absolute atomic E-state index is 12.1. The second-order valence-corrected chi connectivity index (χ2v) is 2.34. The van der Waals surface area contributed by atoms with Crippen LogP contribution in [0.5, 0.6) is 0 Å². The molecule has 0 saturated heterocycles. The molecule has 0 aliphatic rings. The first-order valence-corrected chi connectivity index (χ1v) is 3.23. The van der Waals surface area contributed by atoms with E-state index in [1.165, 1.54) is 0 Å². The van der Waals surface area contributed by atoms with Gasteiger partial charge in [0.1, 0.15) is 0 Å². The van der Waals surface area contributed by atoms with Crippen LogP contribution in [0.25, 0.3) is 0 Å². The monoisotopic (exact) mass is 262 g/mol. The highest BCUT2D eigenvalue weighted by Crippen LogP contribution is 2.40. The molecule has 0 spiro atoms. The van der Waals surface area contributed by atoms with E-state index in [4.69, 9.17) is 0 Å². The van der Waals surface area contributed by atoms with Crippen molar-refractivity contribution in [1.82, 2.24) is 0 Å². The quantitative estimate of drug-likeness (QED) is 0.433. The molecule has 0 amide bonds. The van der Waals surface area contributed by atoms with E-state index in [1.54, 1.807) is 4.94 Å². The van der Waals surface area contributed by atoms with Crippen molar-refractivity contribution in [1.29, 1.82) is 0 Å². The molecule has 0 aromatic rings. The van der Waals surface area contributed by atoms with Gasteiger partial charge in [-0.05, 0) is 4.53 Å². The Hall–Kier alpha value is -0.970. The Morgan fingerprint density at radius 3 is 1.75 bits per heavy atom. The lowest BCUT2D eigenvalue weighted by Gasteiger charge is -2.29. The van der Waals surface area contributed by atoms with Crippen molar-refractivity contribution in [3.05, 3.63) is 0 Å². The molecule has 0 saturated carbocycles. The standard InChI is InChI=1S/C5H2F8O3/c6-1-3(8,9)15-4(16-13,2(7)14)5(10,11)12/h1H2. The van der Waals surface area contributed by atoms with Gasteiger partial charge in [-0.25, -0.2) is 4.39 Å². The summed E-state index contributed by atoms with van der Waals surface area (Å²) in [5.74, 6) is -5.50. The van der Waals surface area contributed by atoms with E-state index in [2.05, 4.69) is 4.74 Å². The Balaban J connectivity index is 5.33. The Morgan fingerprint density at radius 1 is 1.12 bits per heavy atom. The van der Waals surface area contributed by atoms with E-state index in [-0.39, 0.29) is 0 Å². The van der Waals surface area contributed by atoms with E-state index in [0.717, 1.165) is 0 Å². The minimum absolute atomic E-state index is 1.78. The van der Waals surface area contributed by atoms with E-state index < -0.39 is 30.8 Å². The SMILES string of the molecule is O=C(F)C(OF)(OC(F)(F)CF)C(F)(F)F. The maximum Gasteiger partial charge on any atom is 0.457 e. The summed E-state index contributed by atoms with van der Waals surface area (Å²) in [5, 5.41) is 0. The first-order chi connectivity index (χ1) is 7.02. The first-order valence-electron chi connectivity index (χ1n) is 3.23. The van der Waals surface area contributed by atoms with Crippen LogP contribution in [-0.4, -0.2) is 30.8 Å².